The fourth-order valence-corrected chi connectivity index (χ4v) is 3.82. The number of halogens is 1. The molecule has 5 heteroatoms. The molecule has 2 aromatic rings. The van der Waals surface area contributed by atoms with Crippen molar-refractivity contribution < 1.29 is 4.79 Å². The van der Waals surface area contributed by atoms with Crippen LogP contribution in [0.3, 0.4) is 0 Å². The highest BCUT2D eigenvalue weighted by Crippen LogP contribution is 2.40. The third-order valence-electron chi connectivity index (χ3n) is 5.19. The van der Waals surface area contributed by atoms with Crippen molar-refractivity contribution in [1.82, 2.24) is 9.88 Å². The van der Waals surface area contributed by atoms with E-state index in [1.54, 1.807) is 0 Å². The Hall–Kier alpha value is -1.65. The van der Waals surface area contributed by atoms with Crippen molar-refractivity contribution in [2.75, 3.05) is 6.54 Å². The normalized spacial score (nSPS) is 24.4. The van der Waals surface area contributed by atoms with Gasteiger partial charge in [0, 0.05) is 40.6 Å². The fourth-order valence-electron chi connectivity index (χ4n) is 3.65. The van der Waals surface area contributed by atoms with E-state index in [9.17, 15) is 4.79 Å². The van der Waals surface area contributed by atoms with Crippen LogP contribution < -0.4 is 5.73 Å². The van der Waals surface area contributed by atoms with Crippen molar-refractivity contribution in [2.24, 2.45) is 5.73 Å². The summed E-state index contributed by atoms with van der Waals surface area (Å²) in [6.45, 7) is 2.79. The first-order valence-electron chi connectivity index (χ1n) is 8.69. The van der Waals surface area contributed by atoms with Gasteiger partial charge >= 0.3 is 0 Å². The zero-order valence-corrected chi connectivity index (χ0v) is 14.6. The molecule has 126 valence electrons. The van der Waals surface area contributed by atoms with Crippen LogP contribution in [0.5, 0.6) is 0 Å². The second-order valence-electron chi connectivity index (χ2n) is 7.16. The molecule has 1 amide bonds. The Bertz CT molecular complexity index is 803. The number of aromatic nitrogens is 1. The summed E-state index contributed by atoms with van der Waals surface area (Å²) >= 11 is 6.17. The molecule has 2 heterocycles. The van der Waals surface area contributed by atoms with Gasteiger partial charge in [0.05, 0.1) is 11.1 Å². The maximum Gasteiger partial charge on any atom is 0.254 e. The lowest BCUT2D eigenvalue weighted by Crippen LogP contribution is -2.48. The summed E-state index contributed by atoms with van der Waals surface area (Å²) in [6.07, 6.45) is 4.03. The van der Waals surface area contributed by atoms with Gasteiger partial charge in [-0.15, -0.1) is 0 Å². The third kappa shape index (κ3) is 2.89. The standard InChI is InChI=1S/C19H22ClN3O/c1-11-8-14(21)6-7-23(11)19(24)16-10-18(12-2-3-12)22-17-5-4-13(20)9-15(16)17/h4-5,9-12,14H,2-3,6-8,21H2,1H3/t11-,14-/m0/s1. The van der Waals surface area contributed by atoms with Crippen LogP contribution >= 0.6 is 11.6 Å². The van der Waals surface area contributed by atoms with Gasteiger partial charge < -0.3 is 10.6 Å². The third-order valence-corrected chi connectivity index (χ3v) is 5.43. The molecule has 0 unspecified atom stereocenters. The van der Waals surface area contributed by atoms with Crippen LogP contribution in [0.25, 0.3) is 10.9 Å². The van der Waals surface area contributed by atoms with Crippen molar-refractivity contribution >= 4 is 28.4 Å². The number of fused-ring (bicyclic) bond motifs is 1. The lowest BCUT2D eigenvalue weighted by Gasteiger charge is -2.36. The molecule has 2 atom stereocenters. The number of hydrogen-bond acceptors (Lipinski definition) is 3. The summed E-state index contributed by atoms with van der Waals surface area (Å²) in [6, 6.07) is 7.94. The van der Waals surface area contributed by atoms with E-state index in [1.165, 1.54) is 0 Å². The Kier molecular flexibility index (Phi) is 3.97. The highest BCUT2D eigenvalue weighted by atomic mass is 35.5. The molecule has 2 N–H and O–H groups in total. The number of likely N-dealkylation sites (tertiary alicyclic amines) is 1. The second kappa shape index (κ2) is 6.01. The maximum absolute atomic E-state index is 13.3. The van der Waals surface area contributed by atoms with Gasteiger partial charge in [0.15, 0.2) is 0 Å². The SMILES string of the molecule is C[C@H]1C[C@@H](N)CCN1C(=O)c1cc(C2CC2)nc2ccc(Cl)cc12. The zero-order chi connectivity index (χ0) is 16.8. The van der Waals surface area contributed by atoms with Crippen LogP contribution in [0, 0.1) is 0 Å². The maximum atomic E-state index is 13.3. The van der Waals surface area contributed by atoms with Gasteiger partial charge in [-0.2, -0.15) is 0 Å². The van der Waals surface area contributed by atoms with Gasteiger partial charge in [0.1, 0.15) is 0 Å². The minimum Gasteiger partial charge on any atom is -0.336 e. The predicted octanol–water partition coefficient (Wildman–Crippen LogP) is 3.72. The number of nitrogens with two attached hydrogens (primary N) is 1. The number of rotatable bonds is 2. The number of nitrogens with zero attached hydrogens (tertiary/aromatic N) is 2. The van der Waals surface area contributed by atoms with E-state index in [2.05, 4.69) is 6.92 Å². The minimum atomic E-state index is 0.0750. The van der Waals surface area contributed by atoms with Crippen molar-refractivity contribution in [3.05, 3.63) is 40.5 Å². The molecule has 0 spiro atoms. The van der Waals surface area contributed by atoms with Crippen LogP contribution in [0.2, 0.25) is 5.02 Å². The lowest BCUT2D eigenvalue weighted by atomic mass is 9.97. The molecule has 0 bridgehead atoms. The first-order valence-corrected chi connectivity index (χ1v) is 9.07. The summed E-state index contributed by atoms with van der Waals surface area (Å²) in [4.78, 5) is 20.0. The Morgan fingerprint density at radius 1 is 1.29 bits per heavy atom. The highest BCUT2D eigenvalue weighted by molar-refractivity contribution is 6.31. The quantitative estimate of drug-likeness (QED) is 0.904. The molecule has 24 heavy (non-hydrogen) atoms. The Labute approximate surface area is 147 Å². The molecule has 2 aliphatic rings. The first kappa shape index (κ1) is 15.9. The molecular weight excluding hydrogens is 322 g/mol. The van der Waals surface area contributed by atoms with E-state index in [1.807, 2.05) is 29.2 Å². The van der Waals surface area contributed by atoms with Gasteiger partial charge in [-0.25, -0.2) is 0 Å². The number of carbonyl (C=O) groups is 1. The van der Waals surface area contributed by atoms with E-state index in [-0.39, 0.29) is 18.0 Å². The zero-order valence-electron chi connectivity index (χ0n) is 13.8. The van der Waals surface area contributed by atoms with Crippen LogP contribution in [0.15, 0.2) is 24.3 Å². The molecule has 1 aliphatic carbocycles. The molecule has 1 aromatic heterocycles. The molecule has 2 fully saturated rings. The summed E-state index contributed by atoms with van der Waals surface area (Å²) in [5, 5.41) is 1.48. The average molecular weight is 344 g/mol. The summed E-state index contributed by atoms with van der Waals surface area (Å²) in [5.74, 6) is 0.579. The highest BCUT2D eigenvalue weighted by Gasteiger charge is 2.31. The number of piperidine rings is 1. The summed E-state index contributed by atoms with van der Waals surface area (Å²) < 4.78 is 0. The van der Waals surface area contributed by atoms with Crippen LogP contribution in [0.1, 0.15) is 54.6 Å². The van der Waals surface area contributed by atoms with Crippen LogP contribution in [-0.4, -0.2) is 34.4 Å². The molecule has 1 saturated heterocycles. The fraction of sp³-hybridized carbons (Fsp3) is 0.474. The first-order chi connectivity index (χ1) is 11.5. The van der Waals surface area contributed by atoms with Crippen molar-refractivity contribution in [2.45, 2.75) is 50.6 Å². The average Bonchev–Trinajstić information content (AvgIpc) is 3.38. The number of benzene rings is 1. The smallest absolute Gasteiger partial charge is 0.254 e. The molecule has 1 aliphatic heterocycles. The minimum absolute atomic E-state index is 0.0750. The van der Waals surface area contributed by atoms with Gasteiger partial charge in [0.25, 0.3) is 5.91 Å². The number of pyridine rings is 1. The molecule has 1 aromatic carbocycles. The number of amides is 1. The van der Waals surface area contributed by atoms with Crippen molar-refractivity contribution in [3.8, 4) is 0 Å². The van der Waals surface area contributed by atoms with Crippen molar-refractivity contribution in [1.29, 1.82) is 0 Å². The summed E-state index contributed by atoms with van der Waals surface area (Å²) in [7, 11) is 0. The molecule has 4 rings (SSSR count). The van der Waals surface area contributed by atoms with Crippen LogP contribution in [0.4, 0.5) is 0 Å². The molecule has 4 nitrogen and oxygen atoms in total. The Morgan fingerprint density at radius 3 is 2.79 bits per heavy atom. The Morgan fingerprint density at radius 2 is 2.08 bits per heavy atom. The molecule has 1 saturated carbocycles. The van der Waals surface area contributed by atoms with Crippen LogP contribution in [-0.2, 0) is 0 Å². The number of carbonyl (C=O) groups excluding carboxylic acids is 1. The van der Waals surface area contributed by atoms with Gasteiger partial charge in [-0.05, 0) is 56.9 Å². The lowest BCUT2D eigenvalue weighted by molar-refractivity contribution is 0.0621. The van der Waals surface area contributed by atoms with E-state index in [0.717, 1.165) is 47.8 Å². The van der Waals surface area contributed by atoms with E-state index >= 15 is 0 Å². The monoisotopic (exact) mass is 343 g/mol. The molecule has 0 radical (unpaired) electrons. The largest absolute Gasteiger partial charge is 0.336 e. The van der Waals surface area contributed by atoms with E-state index < -0.39 is 0 Å². The topological polar surface area (TPSA) is 59.2 Å². The molecular formula is C19H22ClN3O. The Balaban J connectivity index is 1.79. The van der Waals surface area contributed by atoms with E-state index in [0.29, 0.717) is 17.5 Å². The summed E-state index contributed by atoms with van der Waals surface area (Å²) in [5.41, 5.74) is 8.66. The number of hydrogen-bond donors (Lipinski definition) is 1. The van der Waals surface area contributed by atoms with Gasteiger partial charge in [0.2, 0.25) is 0 Å². The van der Waals surface area contributed by atoms with Crippen molar-refractivity contribution in [3.63, 3.8) is 0 Å². The second-order valence-corrected chi connectivity index (χ2v) is 7.60. The predicted molar refractivity (Wildman–Crippen MR) is 96.4 cm³/mol. The van der Waals surface area contributed by atoms with E-state index in [4.69, 9.17) is 22.3 Å². The van der Waals surface area contributed by atoms with Gasteiger partial charge in [-0.1, -0.05) is 11.6 Å². The van der Waals surface area contributed by atoms with Gasteiger partial charge in [-0.3, -0.25) is 9.78 Å².